The fraction of sp³-hybridized carbons (Fsp3) is 0.316. The molecule has 1 unspecified atom stereocenters. The number of anilines is 1. The predicted molar refractivity (Wildman–Crippen MR) is 97.5 cm³/mol. The summed E-state index contributed by atoms with van der Waals surface area (Å²) in [7, 11) is 3.86. The Hall–Kier alpha value is -2.89. The molecule has 0 saturated heterocycles. The van der Waals surface area contributed by atoms with E-state index in [0.29, 0.717) is 17.7 Å². The quantitative estimate of drug-likeness (QED) is 0.844. The van der Waals surface area contributed by atoms with Crippen molar-refractivity contribution >= 4 is 17.7 Å². The van der Waals surface area contributed by atoms with E-state index in [1.807, 2.05) is 44.2 Å². The Morgan fingerprint density at radius 2 is 1.88 bits per heavy atom. The number of amides is 1. The molecule has 0 radical (unpaired) electrons. The minimum atomic E-state index is -1.03. The Bertz CT molecular complexity index is 770. The zero-order chi connectivity index (χ0) is 18.6. The average Bonchev–Trinajstić information content (AvgIpc) is 2.59. The minimum Gasteiger partial charge on any atom is -0.478 e. The summed E-state index contributed by atoms with van der Waals surface area (Å²) in [6, 6.07) is 8.65. The van der Waals surface area contributed by atoms with Crippen molar-refractivity contribution in [1.29, 1.82) is 0 Å². The van der Waals surface area contributed by atoms with Crippen LogP contribution in [0.15, 0.2) is 36.5 Å². The van der Waals surface area contributed by atoms with Crippen LogP contribution < -0.4 is 10.2 Å². The van der Waals surface area contributed by atoms with E-state index in [-0.39, 0.29) is 17.4 Å². The number of aromatic nitrogens is 1. The van der Waals surface area contributed by atoms with E-state index in [2.05, 4.69) is 10.3 Å². The van der Waals surface area contributed by atoms with Crippen LogP contribution in [0.3, 0.4) is 0 Å². The van der Waals surface area contributed by atoms with Crippen molar-refractivity contribution in [2.45, 2.75) is 19.8 Å². The van der Waals surface area contributed by atoms with Gasteiger partial charge in [0.25, 0.3) is 5.91 Å². The van der Waals surface area contributed by atoms with Gasteiger partial charge in [-0.2, -0.15) is 0 Å². The molecular weight excluding hydrogens is 318 g/mol. The van der Waals surface area contributed by atoms with Gasteiger partial charge in [0.2, 0.25) is 0 Å². The Labute approximate surface area is 147 Å². The molecule has 0 aliphatic rings. The van der Waals surface area contributed by atoms with E-state index in [0.717, 1.165) is 11.4 Å². The highest BCUT2D eigenvalue weighted by atomic mass is 16.4. The predicted octanol–water partition coefficient (Wildman–Crippen LogP) is 2.69. The lowest BCUT2D eigenvalue weighted by Gasteiger charge is -2.16. The van der Waals surface area contributed by atoms with E-state index < -0.39 is 5.97 Å². The maximum atomic E-state index is 12.4. The number of carbonyl (C=O) groups excluding carboxylic acids is 1. The van der Waals surface area contributed by atoms with Crippen LogP contribution in [0.2, 0.25) is 0 Å². The fourth-order valence-corrected chi connectivity index (χ4v) is 2.53. The van der Waals surface area contributed by atoms with E-state index in [9.17, 15) is 9.59 Å². The van der Waals surface area contributed by atoms with Crippen molar-refractivity contribution in [2.75, 3.05) is 25.5 Å². The van der Waals surface area contributed by atoms with Crippen molar-refractivity contribution in [3.8, 4) is 0 Å². The number of nitrogens with one attached hydrogen (secondary N) is 1. The molecule has 1 aromatic carbocycles. The molecule has 6 heteroatoms. The standard InChI is InChI=1S/C19H23N3O3/c1-12(14-8-9-17(20-11-14)22(3)4)10-21-18(23)15-6-5-7-16(13(15)2)19(24)25/h5-9,11-12H,10H2,1-4H3,(H,21,23)(H,24,25). The smallest absolute Gasteiger partial charge is 0.335 e. The highest BCUT2D eigenvalue weighted by Crippen LogP contribution is 2.17. The molecule has 0 fully saturated rings. The normalized spacial score (nSPS) is 11.7. The first kappa shape index (κ1) is 18.4. The number of benzene rings is 1. The van der Waals surface area contributed by atoms with Crippen LogP contribution in [0.1, 0.15) is 44.7 Å². The van der Waals surface area contributed by atoms with Gasteiger partial charge in [-0.3, -0.25) is 4.79 Å². The second-order valence-corrected chi connectivity index (χ2v) is 6.24. The molecule has 1 heterocycles. The number of aromatic carboxylic acids is 1. The number of hydrogen-bond donors (Lipinski definition) is 2. The van der Waals surface area contributed by atoms with Crippen molar-refractivity contribution in [2.24, 2.45) is 0 Å². The third-order valence-corrected chi connectivity index (χ3v) is 4.18. The molecule has 1 atom stereocenters. The van der Waals surface area contributed by atoms with Crippen LogP contribution in [-0.4, -0.2) is 42.6 Å². The summed E-state index contributed by atoms with van der Waals surface area (Å²) in [4.78, 5) is 29.9. The third-order valence-electron chi connectivity index (χ3n) is 4.18. The molecule has 1 amide bonds. The van der Waals surface area contributed by atoms with E-state index in [1.54, 1.807) is 19.1 Å². The van der Waals surface area contributed by atoms with Gasteiger partial charge in [-0.15, -0.1) is 0 Å². The van der Waals surface area contributed by atoms with Crippen LogP contribution in [0.4, 0.5) is 5.82 Å². The zero-order valence-electron chi connectivity index (χ0n) is 14.9. The highest BCUT2D eigenvalue weighted by Gasteiger charge is 2.16. The molecule has 25 heavy (non-hydrogen) atoms. The second kappa shape index (κ2) is 7.79. The largest absolute Gasteiger partial charge is 0.478 e. The number of carboxylic acids is 1. The van der Waals surface area contributed by atoms with Gasteiger partial charge in [0, 0.05) is 32.4 Å². The molecule has 0 saturated carbocycles. The number of hydrogen-bond acceptors (Lipinski definition) is 4. The topological polar surface area (TPSA) is 82.5 Å². The monoisotopic (exact) mass is 341 g/mol. The van der Waals surface area contributed by atoms with Gasteiger partial charge in [-0.1, -0.05) is 19.1 Å². The van der Waals surface area contributed by atoms with Gasteiger partial charge in [-0.25, -0.2) is 9.78 Å². The van der Waals surface area contributed by atoms with Crippen molar-refractivity contribution in [1.82, 2.24) is 10.3 Å². The molecule has 2 rings (SSSR count). The number of pyridine rings is 1. The van der Waals surface area contributed by atoms with Crippen LogP contribution >= 0.6 is 0 Å². The molecule has 132 valence electrons. The molecule has 0 spiro atoms. The SMILES string of the molecule is Cc1c(C(=O)O)cccc1C(=O)NCC(C)c1ccc(N(C)C)nc1. The van der Waals surface area contributed by atoms with Crippen LogP contribution in [0.25, 0.3) is 0 Å². The van der Waals surface area contributed by atoms with Gasteiger partial charge in [0.1, 0.15) is 5.82 Å². The van der Waals surface area contributed by atoms with Crippen molar-refractivity contribution in [3.05, 3.63) is 58.8 Å². The first-order valence-electron chi connectivity index (χ1n) is 8.05. The number of carboxylic acid groups (broad SMARTS) is 1. The number of nitrogens with zero attached hydrogens (tertiary/aromatic N) is 2. The van der Waals surface area contributed by atoms with Gasteiger partial charge < -0.3 is 15.3 Å². The Morgan fingerprint density at radius 1 is 1.20 bits per heavy atom. The van der Waals surface area contributed by atoms with E-state index >= 15 is 0 Å². The molecule has 0 aliphatic carbocycles. The van der Waals surface area contributed by atoms with Gasteiger partial charge in [0.15, 0.2) is 0 Å². The summed E-state index contributed by atoms with van der Waals surface area (Å²) in [5, 5.41) is 12.0. The van der Waals surface area contributed by atoms with Crippen LogP contribution in [0, 0.1) is 6.92 Å². The molecule has 2 aromatic rings. The lowest BCUT2D eigenvalue weighted by atomic mass is 10.0. The van der Waals surface area contributed by atoms with Gasteiger partial charge in [-0.05, 0) is 42.2 Å². The molecule has 0 bridgehead atoms. The zero-order valence-corrected chi connectivity index (χ0v) is 14.9. The third kappa shape index (κ3) is 4.35. The maximum absolute atomic E-state index is 12.4. The van der Waals surface area contributed by atoms with Crippen molar-refractivity contribution in [3.63, 3.8) is 0 Å². The van der Waals surface area contributed by atoms with Crippen LogP contribution in [-0.2, 0) is 0 Å². The van der Waals surface area contributed by atoms with Crippen molar-refractivity contribution < 1.29 is 14.7 Å². The Kier molecular flexibility index (Phi) is 5.75. The van der Waals surface area contributed by atoms with E-state index in [1.165, 1.54) is 6.07 Å². The minimum absolute atomic E-state index is 0.0932. The Balaban J connectivity index is 2.04. The second-order valence-electron chi connectivity index (χ2n) is 6.24. The maximum Gasteiger partial charge on any atom is 0.335 e. The number of rotatable bonds is 6. The summed E-state index contributed by atoms with van der Waals surface area (Å²) in [6.07, 6.45) is 1.81. The summed E-state index contributed by atoms with van der Waals surface area (Å²) >= 11 is 0. The molecule has 0 aliphatic heterocycles. The lowest BCUT2D eigenvalue weighted by molar-refractivity contribution is 0.0696. The summed E-state index contributed by atoms with van der Waals surface area (Å²) in [5.74, 6) is -0.338. The van der Waals surface area contributed by atoms with Gasteiger partial charge >= 0.3 is 5.97 Å². The van der Waals surface area contributed by atoms with Crippen LogP contribution in [0.5, 0.6) is 0 Å². The first-order chi connectivity index (χ1) is 11.8. The summed E-state index contributed by atoms with van der Waals surface area (Å²) in [6.45, 7) is 4.09. The van der Waals surface area contributed by atoms with E-state index in [4.69, 9.17) is 5.11 Å². The molecule has 6 nitrogen and oxygen atoms in total. The summed E-state index contributed by atoms with van der Waals surface area (Å²) < 4.78 is 0. The number of carbonyl (C=O) groups is 2. The molecular formula is C19H23N3O3. The fourth-order valence-electron chi connectivity index (χ4n) is 2.53. The first-order valence-corrected chi connectivity index (χ1v) is 8.05. The highest BCUT2D eigenvalue weighted by molar-refractivity contribution is 5.99. The average molecular weight is 341 g/mol. The molecule has 2 N–H and O–H groups in total. The van der Waals surface area contributed by atoms with Gasteiger partial charge in [0.05, 0.1) is 5.56 Å². The Morgan fingerprint density at radius 3 is 2.44 bits per heavy atom. The lowest BCUT2D eigenvalue weighted by Crippen LogP contribution is -2.28. The molecule has 1 aromatic heterocycles. The summed E-state index contributed by atoms with van der Waals surface area (Å²) in [5.41, 5.74) is 2.02.